The zero-order chi connectivity index (χ0) is 15.5. The number of aromatic nitrogens is 3. The van der Waals surface area contributed by atoms with Crippen molar-refractivity contribution in [3.63, 3.8) is 0 Å². The van der Waals surface area contributed by atoms with Crippen molar-refractivity contribution in [2.45, 2.75) is 44.7 Å². The number of hydrogen-bond acceptors (Lipinski definition) is 5. The Balaban J connectivity index is 1.57. The zero-order valence-corrected chi connectivity index (χ0v) is 14.2. The average molecular weight is 307 g/mol. The molecule has 2 aliphatic rings. The summed E-state index contributed by atoms with van der Waals surface area (Å²) in [6.07, 6.45) is 3.75. The number of hydrogen-bond donors (Lipinski definition) is 0. The normalized spacial score (nSPS) is 24.0. The number of methoxy groups -OCH3 is 1. The summed E-state index contributed by atoms with van der Waals surface area (Å²) < 4.78 is 7.45. The van der Waals surface area contributed by atoms with Crippen molar-refractivity contribution < 1.29 is 4.74 Å². The van der Waals surface area contributed by atoms with Gasteiger partial charge >= 0.3 is 0 Å². The molecule has 22 heavy (non-hydrogen) atoms. The second-order valence-corrected chi connectivity index (χ2v) is 6.63. The second kappa shape index (κ2) is 7.06. The first-order valence-electron chi connectivity index (χ1n) is 8.56. The lowest BCUT2D eigenvalue weighted by Gasteiger charge is -2.40. The van der Waals surface area contributed by atoms with E-state index in [4.69, 9.17) is 4.74 Å². The lowest BCUT2D eigenvalue weighted by Crippen LogP contribution is -2.53. The maximum atomic E-state index is 5.23. The molecule has 0 aromatic carbocycles. The molecule has 0 radical (unpaired) electrons. The van der Waals surface area contributed by atoms with E-state index >= 15 is 0 Å². The van der Waals surface area contributed by atoms with Gasteiger partial charge in [0.05, 0.1) is 13.2 Å². The molecule has 0 unspecified atom stereocenters. The van der Waals surface area contributed by atoms with E-state index in [-0.39, 0.29) is 0 Å². The molecule has 1 aliphatic carbocycles. The Hall–Kier alpha value is -0.980. The minimum Gasteiger partial charge on any atom is -0.383 e. The van der Waals surface area contributed by atoms with Crippen molar-refractivity contribution in [2.75, 3.05) is 39.9 Å². The number of piperazine rings is 1. The second-order valence-electron chi connectivity index (χ2n) is 6.63. The van der Waals surface area contributed by atoms with Gasteiger partial charge in [-0.15, -0.1) is 10.2 Å². The minimum absolute atomic E-state index is 0.625. The van der Waals surface area contributed by atoms with Crippen LogP contribution in [-0.2, 0) is 18.3 Å². The van der Waals surface area contributed by atoms with Gasteiger partial charge in [0, 0.05) is 52.3 Å². The summed E-state index contributed by atoms with van der Waals surface area (Å²) in [5.41, 5.74) is 0. The molecule has 3 rings (SSSR count). The number of ether oxygens (including phenoxy) is 1. The molecule has 0 amide bonds. The van der Waals surface area contributed by atoms with E-state index in [1.165, 1.54) is 25.1 Å². The summed E-state index contributed by atoms with van der Waals surface area (Å²) in [7, 11) is 3.90. The summed E-state index contributed by atoms with van der Waals surface area (Å²) in [5, 5.41) is 8.83. The van der Waals surface area contributed by atoms with Crippen LogP contribution in [0.2, 0.25) is 0 Å². The molecule has 1 aliphatic heterocycles. The summed E-state index contributed by atoms with van der Waals surface area (Å²) in [6, 6.07) is 0.625. The van der Waals surface area contributed by atoms with Crippen LogP contribution in [0.4, 0.5) is 0 Å². The van der Waals surface area contributed by atoms with Crippen molar-refractivity contribution >= 4 is 0 Å². The molecular weight excluding hydrogens is 278 g/mol. The summed E-state index contributed by atoms with van der Waals surface area (Å²) in [6.45, 7) is 8.41. The molecule has 0 spiro atoms. The molecule has 1 aromatic heterocycles. The van der Waals surface area contributed by atoms with Gasteiger partial charge < -0.3 is 9.30 Å². The van der Waals surface area contributed by atoms with Gasteiger partial charge in [-0.3, -0.25) is 9.80 Å². The Morgan fingerprint density at radius 1 is 1.23 bits per heavy atom. The van der Waals surface area contributed by atoms with Gasteiger partial charge in [-0.2, -0.15) is 0 Å². The quantitative estimate of drug-likeness (QED) is 0.758. The third-order valence-corrected chi connectivity index (χ3v) is 5.05. The van der Waals surface area contributed by atoms with Gasteiger partial charge in [0.1, 0.15) is 11.6 Å². The Morgan fingerprint density at radius 2 is 2.05 bits per heavy atom. The fraction of sp³-hybridized carbons (Fsp3) is 0.875. The number of nitrogens with zero attached hydrogens (tertiary/aromatic N) is 5. The van der Waals surface area contributed by atoms with Crippen LogP contribution in [-0.4, -0.2) is 70.5 Å². The average Bonchev–Trinajstić information content (AvgIpc) is 3.31. The van der Waals surface area contributed by atoms with Gasteiger partial charge in [0.15, 0.2) is 0 Å². The minimum atomic E-state index is 0.625. The summed E-state index contributed by atoms with van der Waals surface area (Å²) >= 11 is 0. The highest BCUT2D eigenvalue weighted by Crippen LogP contribution is 2.38. The maximum absolute atomic E-state index is 5.23. The van der Waals surface area contributed by atoms with E-state index in [9.17, 15) is 0 Å². The molecule has 0 bridgehead atoms. The van der Waals surface area contributed by atoms with Crippen molar-refractivity contribution in [1.82, 2.24) is 24.6 Å². The molecule has 2 fully saturated rings. The lowest BCUT2D eigenvalue weighted by molar-refractivity contribution is 0.0451. The smallest absolute Gasteiger partial charge is 0.146 e. The molecule has 6 nitrogen and oxygen atoms in total. The highest BCUT2D eigenvalue weighted by molar-refractivity contribution is 5.07. The van der Waals surface area contributed by atoms with Crippen LogP contribution < -0.4 is 0 Å². The Labute approximate surface area is 133 Å². The van der Waals surface area contributed by atoms with Gasteiger partial charge in [-0.25, -0.2) is 0 Å². The summed E-state index contributed by atoms with van der Waals surface area (Å²) in [4.78, 5) is 5.09. The van der Waals surface area contributed by atoms with E-state index in [0.29, 0.717) is 12.0 Å². The Morgan fingerprint density at radius 3 is 2.73 bits per heavy atom. The fourth-order valence-electron chi connectivity index (χ4n) is 3.40. The van der Waals surface area contributed by atoms with Crippen LogP contribution in [0.25, 0.3) is 0 Å². The van der Waals surface area contributed by atoms with Crippen LogP contribution in [0.1, 0.15) is 43.8 Å². The van der Waals surface area contributed by atoms with Gasteiger partial charge in [0.2, 0.25) is 0 Å². The SMILES string of the molecule is CC[C@H]1CN(Cc2nnc(C3CC3)n2C)CCN1CCOC. The van der Waals surface area contributed by atoms with E-state index in [2.05, 4.69) is 38.5 Å². The predicted molar refractivity (Wildman–Crippen MR) is 85.8 cm³/mol. The molecule has 1 saturated heterocycles. The third kappa shape index (κ3) is 3.50. The first kappa shape index (κ1) is 15.9. The van der Waals surface area contributed by atoms with Crippen molar-refractivity contribution in [2.24, 2.45) is 7.05 Å². The Kier molecular flexibility index (Phi) is 5.10. The fourth-order valence-corrected chi connectivity index (χ4v) is 3.40. The topological polar surface area (TPSA) is 46.4 Å². The first-order chi connectivity index (χ1) is 10.7. The van der Waals surface area contributed by atoms with Crippen molar-refractivity contribution in [3.8, 4) is 0 Å². The standard InChI is InChI=1S/C16H29N5O/c1-4-14-11-20(7-8-21(14)9-10-22-3)12-15-17-18-16(19(15)2)13-5-6-13/h13-14H,4-12H2,1-3H3/t14-/m0/s1. The van der Waals surface area contributed by atoms with Crippen LogP contribution in [0, 0.1) is 0 Å². The zero-order valence-electron chi connectivity index (χ0n) is 14.2. The predicted octanol–water partition coefficient (Wildman–Crippen LogP) is 1.24. The molecule has 1 atom stereocenters. The lowest BCUT2D eigenvalue weighted by atomic mass is 10.1. The molecule has 6 heteroatoms. The van der Waals surface area contributed by atoms with Gasteiger partial charge in [-0.05, 0) is 19.3 Å². The van der Waals surface area contributed by atoms with Gasteiger partial charge in [0.25, 0.3) is 0 Å². The van der Waals surface area contributed by atoms with Crippen molar-refractivity contribution in [1.29, 1.82) is 0 Å². The van der Waals surface area contributed by atoms with Crippen LogP contribution in [0.5, 0.6) is 0 Å². The monoisotopic (exact) mass is 307 g/mol. The molecule has 1 saturated carbocycles. The Bertz CT molecular complexity index is 485. The number of rotatable bonds is 7. The maximum Gasteiger partial charge on any atom is 0.146 e. The highest BCUT2D eigenvalue weighted by Gasteiger charge is 2.30. The molecule has 0 N–H and O–H groups in total. The third-order valence-electron chi connectivity index (χ3n) is 5.05. The molecule has 124 valence electrons. The van der Waals surface area contributed by atoms with E-state index in [1.54, 1.807) is 7.11 Å². The first-order valence-corrected chi connectivity index (χ1v) is 8.56. The molecule has 2 heterocycles. The molecule has 1 aromatic rings. The van der Waals surface area contributed by atoms with E-state index in [0.717, 1.165) is 45.2 Å². The van der Waals surface area contributed by atoms with Gasteiger partial charge in [-0.1, -0.05) is 6.92 Å². The van der Waals surface area contributed by atoms with E-state index in [1.807, 2.05) is 0 Å². The van der Waals surface area contributed by atoms with E-state index < -0.39 is 0 Å². The van der Waals surface area contributed by atoms with Crippen LogP contribution in [0.15, 0.2) is 0 Å². The summed E-state index contributed by atoms with van der Waals surface area (Å²) in [5.74, 6) is 2.96. The molecular formula is C16H29N5O. The van der Waals surface area contributed by atoms with Crippen LogP contribution >= 0.6 is 0 Å². The van der Waals surface area contributed by atoms with Crippen molar-refractivity contribution in [3.05, 3.63) is 11.6 Å². The largest absolute Gasteiger partial charge is 0.383 e. The highest BCUT2D eigenvalue weighted by atomic mass is 16.5. The van der Waals surface area contributed by atoms with Crippen LogP contribution in [0.3, 0.4) is 0 Å².